The largest absolute Gasteiger partial charge is 0.316 e. The van der Waals surface area contributed by atoms with Gasteiger partial charge in [-0.3, -0.25) is 0 Å². The molecule has 0 aromatic carbocycles. The van der Waals surface area contributed by atoms with Crippen LogP contribution in [-0.2, 0) is 0 Å². The highest BCUT2D eigenvalue weighted by atomic mass is 14.8. The second-order valence-corrected chi connectivity index (χ2v) is 2.07. The first kappa shape index (κ1) is 11.7. The standard InChI is InChI=1S/C4H10.C3H10N2/c1-3-4-2;1-2-3(4)5/h3-4H2,1-2H3;3H,2,4-5H2,1H3. The highest BCUT2D eigenvalue weighted by molar-refractivity contribution is 4.40. The molecule has 0 unspecified atom stereocenters. The predicted octanol–water partition coefficient (Wildman–Crippen LogP) is 1.45. The lowest BCUT2D eigenvalue weighted by Crippen LogP contribution is -2.28. The molecule has 0 bridgehead atoms. The van der Waals surface area contributed by atoms with Crippen molar-refractivity contribution in [1.82, 2.24) is 0 Å². The summed E-state index contributed by atoms with van der Waals surface area (Å²) in [5, 5.41) is 0. The predicted molar refractivity (Wildman–Crippen MR) is 43.0 cm³/mol. The Bertz CT molecular complexity index is 33.9. The zero-order chi connectivity index (χ0) is 7.70. The van der Waals surface area contributed by atoms with Gasteiger partial charge in [0.25, 0.3) is 0 Å². The van der Waals surface area contributed by atoms with Crippen molar-refractivity contribution in [2.24, 2.45) is 11.5 Å². The lowest BCUT2D eigenvalue weighted by Gasteiger charge is -1.92. The van der Waals surface area contributed by atoms with Gasteiger partial charge in [0.15, 0.2) is 0 Å². The van der Waals surface area contributed by atoms with Gasteiger partial charge in [-0.1, -0.05) is 33.6 Å². The van der Waals surface area contributed by atoms with E-state index in [0.29, 0.717) is 0 Å². The van der Waals surface area contributed by atoms with E-state index in [1.165, 1.54) is 12.8 Å². The molecule has 58 valence electrons. The van der Waals surface area contributed by atoms with E-state index < -0.39 is 0 Å². The molecule has 0 atom stereocenters. The quantitative estimate of drug-likeness (QED) is 0.559. The Morgan fingerprint density at radius 3 is 1.22 bits per heavy atom. The molecule has 0 aromatic heterocycles. The van der Waals surface area contributed by atoms with Crippen LogP contribution in [-0.4, -0.2) is 6.17 Å². The fraction of sp³-hybridized carbons (Fsp3) is 1.00. The van der Waals surface area contributed by atoms with Crippen LogP contribution in [0.5, 0.6) is 0 Å². The van der Waals surface area contributed by atoms with Crippen molar-refractivity contribution in [1.29, 1.82) is 0 Å². The molecule has 0 fully saturated rings. The van der Waals surface area contributed by atoms with E-state index in [9.17, 15) is 0 Å². The third kappa shape index (κ3) is 32.6. The van der Waals surface area contributed by atoms with E-state index >= 15 is 0 Å². The summed E-state index contributed by atoms with van der Waals surface area (Å²) in [6.07, 6.45) is 3.38. The molecule has 4 N–H and O–H groups in total. The number of unbranched alkanes of at least 4 members (excludes halogenated alkanes) is 1. The first-order valence-corrected chi connectivity index (χ1v) is 3.70. The second-order valence-electron chi connectivity index (χ2n) is 2.07. The maximum atomic E-state index is 5.07. The van der Waals surface area contributed by atoms with Crippen LogP contribution in [0.25, 0.3) is 0 Å². The topological polar surface area (TPSA) is 52.0 Å². The average Bonchev–Trinajstić information content (AvgIpc) is 1.89. The second kappa shape index (κ2) is 10.8. The maximum Gasteiger partial charge on any atom is 0.0518 e. The van der Waals surface area contributed by atoms with Gasteiger partial charge in [-0.2, -0.15) is 0 Å². The molecule has 0 aliphatic rings. The summed E-state index contributed by atoms with van der Waals surface area (Å²) in [7, 11) is 0. The summed E-state index contributed by atoms with van der Waals surface area (Å²) in [5.74, 6) is 0. The van der Waals surface area contributed by atoms with Crippen LogP contribution in [0.3, 0.4) is 0 Å². The smallest absolute Gasteiger partial charge is 0.0518 e. The van der Waals surface area contributed by atoms with Crippen molar-refractivity contribution in [2.45, 2.75) is 46.2 Å². The van der Waals surface area contributed by atoms with Gasteiger partial charge in [0.05, 0.1) is 6.17 Å². The Hall–Kier alpha value is -0.0800. The van der Waals surface area contributed by atoms with Crippen molar-refractivity contribution in [3.05, 3.63) is 0 Å². The molecule has 0 heterocycles. The van der Waals surface area contributed by atoms with Crippen LogP contribution in [0, 0.1) is 0 Å². The molecule has 0 saturated heterocycles. The molecular weight excluding hydrogens is 112 g/mol. The van der Waals surface area contributed by atoms with Crippen LogP contribution in [0.2, 0.25) is 0 Å². The third-order valence-electron chi connectivity index (χ3n) is 0.971. The number of rotatable bonds is 2. The van der Waals surface area contributed by atoms with E-state index in [-0.39, 0.29) is 6.17 Å². The van der Waals surface area contributed by atoms with Gasteiger partial charge in [-0.05, 0) is 6.42 Å². The summed E-state index contributed by atoms with van der Waals surface area (Å²) in [6.45, 7) is 6.31. The fourth-order valence-corrected chi connectivity index (χ4v) is 0. The monoisotopic (exact) mass is 132 g/mol. The SMILES string of the molecule is CCC(N)N.CCCC. The molecule has 2 heteroatoms. The lowest BCUT2D eigenvalue weighted by atomic mass is 10.4. The van der Waals surface area contributed by atoms with E-state index in [0.717, 1.165) is 6.42 Å². The van der Waals surface area contributed by atoms with Crippen LogP contribution >= 0.6 is 0 Å². The van der Waals surface area contributed by atoms with Gasteiger partial charge in [0.2, 0.25) is 0 Å². The highest BCUT2D eigenvalue weighted by Crippen LogP contribution is 1.76. The van der Waals surface area contributed by atoms with E-state index in [1.54, 1.807) is 0 Å². The van der Waals surface area contributed by atoms with Crippen LogP contribution in [0.1, 0.15) is 40.0 Å². The van der Waals surface area contributed by atoms with Crippen molar-refractivity contribution in [2.75, 3.05) is 0 Å². The minimum atomic E-state index is -0.116. The molecule has 0 spiro atoms. The molecule has 0 rings (SSSR count). The molecular formula is C7H20N2. The first-order chi connectivity index (χ1) is 4.18. The van der Waals surface area contributed by atoms with Crippen LogP contribution in [0.4, 0.5) is 0 Å². The van der Waals surface area contributed by atoms with Crippen LogP contribution in [0.15, 0.2) is 0 Å². The average molecular weight is 132 g/mol. The lowest BCUT2D eigenvalue weighted by molar-refractivity contribution is 0.682. The van der Waals surface area contributed by atoms with E-state index in [4.69, 9.17) is 11.5 Å². The van der Waals surface area contributed by atoms with Crippen molar-refractivity contribution < 1.29 is 0 Å². The normalized spacial score (nSPS) is 8.67. The Kier molecular flexibility index (Phi) is 14.0. The highest BCUT2D eigenvalue weighted by Gasteiger charge is 1.79. The molecule has 0 aliphatic carbocycles. The van der Waals surface area contributed by atoms with Gasteiger partial charge >= 0.3 is 0 Å². The van der Waals surface area contributed by atoms with E-state index in [2.05, 4.69) is 13.8 Å². The summed E-state index contributed by atoms with van der Waals surface area (Å²) >= 11 is 0. The Morgan fingerprint density at radius 2 is 1.22 bits per heavy atom. The van der Waals surface area contributed by atoms with Crippen LogP contribution < -0.4 is 11.5 Å². The molecule has 0 radical (unpaired) electrons. The Labute approximate surface area is 58.6 Å². The molecule has 0 saturated carbocycles. The van der Waals surface area contributed by atoms with E-state index in [1.807, 2.05) is 6.92 Å². The van der Waals surface area contributed by atoms with Gasteiger partial charge in [0.1, 0.15) is 0 Å². The van der Waals surface area contributed by atoms with Gasteiger partial charge in [0, 0.05) is 0 Å². The third-order valence-corrected chi connectivity index (χ3v) is 0.971. The summed E-state index contributed by atoms with van der Waals surface area (Å²) in [5.41, 5.74) is 10.1. The van der Waals surface area contributed by atoms with Crippen molar-refractivity contribution in [3.63, 3.8) is 0 Å². The summed E-state index contributed by atoms with van der Waals surface area (Å²) in [6, 6.07) is 0. The van der Waals surface area contributed by atoms with Gasteiger partial charge in [-0.15, -0.1) is 0 Å². The minimum absolute atomic E-state index is 0.116. The fourth-order valence-electron chi connectivity index (χ4n) is 0. The number of hydrogen-bond donors (Lipinski definition) is 2. The Balaban J connectivity index is 0. The number of nitrogens with two attached hydrogens (primary N) is 2. The molecule has 0 aliphatic heterocycles. The molecule has 0 amide bonds. The van der Waals surface area contributed by atoms with Crippen molar-refractivity contribution in [3.8, 4) is 0 Å². The Morgan fingerprint density at radius 1 is 1.00 bits per heavy atom. The molecule has 9 heavy (non-hydrogen) atoms. The summed E-state index contributed by atoms with van der Waals surface area (Å²) < 4.78 is 0. The van der Waals surface area contributed by atoms with Gasteiger partial charge in [-0.25, -0.2) is 0 Å². The van der Waals surface area contributed by atoms with Crippen molar-refractivity contribution >= 4 is 0 Å². The molecule has 0 aromatic rings. The summed E-state index contributed by atoms with van der Waals surface area (Å²) in [4.78, 5) is 0. The maximum absolute atomic E-state index is 5.07. The minimum Gasteiger partial charge on any atom is -0.316 e. The van der Waals surface area contributed by atoms with Gasteiger partial charge < -0.3 is 11.5 Å². The zero-order valence-electron chi connectivity index (χ0n) is 6.85. The first-order valence-electron chi connectivity index (χ1n) is 3.70. The number of hydrogen-bond acceptors (Lipinski definition) is 2. The zero-order valence-corrected chi connectivity index (χ0v) is 6.85. The molecule has 2 nitrogen and oxygen atoms in total.